The lowest BCUT2D eigenvalue weighted by Crippen LogP contribution is -2.17. The van der Waals surface area contributed by atoms with E-state index >= 15 is 0 Å². The number of rotatable bonds is 7. The predicted molar refractivity (Wildman–Crippen MR) is 53.2 cm³/mol. The Bertz CT molecular complexity index is 93.8. The lowest BCUT2D eigenvalue weighted by atomic mass is 10.0. The third-order valence-electron chi connectivity index (χ3n) is 2.01. The molecule has 0 heterocycles. The fraction of sp³-hybridized carbons (Fsp3) is 1.00. The first-order chi connectivity index (χ1) is 5.70. The minimum Gasteiger partial charge on any atom is -0.379 e. The van der Waals surface area contributed by atoms with Gasteiger partial charge in [-0.3, -0.25) is 0 Å². The summed E-state index contributed by atoms with van der Waals surface area (Å²) in [7, 11) is 0. The van der Waals surface area contributed by atoms with Crippen molar-refractivity contribution in [1.82, 2.24) is 0 Å². The van der Waals surface area contributed by atoms with E-state index in [2.05, 4.69) is 20.8 Å². The quantitative estimate of drug-likeness (QED) is 0.640. The van der Waals surface area contributed by atoms with Crippen LogP contribution in [0.4, 0.5) is 0 Å². The van der Waals surface area contributed by atoms with E-state index in [1.165, 1.54) is 12.8 Å². The minimum absolute atomic E-state index is 0.352. The van der Waals surface area contributed by atoms with Crippen molar-refractivity contribution in [1.29, 1.82) is 0 Å². The Morgan fingerprint density at radius 3 is 2.33 bits per heavy atom. The average Bonchev–Trinajstić information content (AvgIpc) is 2.02. The number of ether oxygens (including phenoxy) is 1. The van der Waals surface area contributed by atoms with Gasteiger partial charge in [-0.2, -0.15) is 0 Å². The average molecular weight is 173 g/mol. The first-order valence-corrected chi connectivity index (χ1v) is 5.02. The maximum Gasteiger partial charge on any atom is 0.0518 e. The van der Waals surface area contributed by atoms with E-state index in [0.717, 1.165) is 19.6 Å². The van der Waals surface area contributed by atoms with Crippen molar-refractivity contribution in [2.75, 3.05) is 13.2 Å². The first-order valence-electron chi connectivity index (χ1n) is 5.02. The van der Waals surface area contributed by atoms with Gasteiger partial charge in [0.2, 0.25) is 0 Å². The highest BCUT2D eigenvalue weighted by Crippen LogP contribution is 2.09. The van der Waals surface area contributed by atoms with E-state index in [4.69, 9.17) is 10.5 Å². The van der Waals surface area contributed by atoms with E-state index in [1.807, 2.05) is 0 Å². The third-order valence-corrected chi connectivity index (χ3v) is 2.01. The maximum absolute atomic E-state index is 5.62. The fourth-order valence-electron chi connectivity index (χ4n) is 1.26. The van der Waals surface area contributed by atoms with Crippen LogP contribution in [0.15, 0.2) is 0 Å². The molecule has 2 N–H and O–H groups in total. The molecular formula is C10H23NO. The second-order valence-corrected chi connectivity index (χ2v) is 3.60. The SMILES string of the molecule is CCCC(CN)CCOC(C)C. The molecule has 1 unspecified atom stereocenters. The van der Waals surface area contributed by atoms with Crippen LogP contribution in [0.5, 0.6) is 0 Å². The van der Waals surface area contributed by atoms with Crippen molar-refractivity contribution in [2.24, 2.45) is 11.7 Å². The molecule has 0 fully saturated rings. The Hall–Kier alpha value is -0.0800. The summed E-state index contributed by atoms with van der Waals surface area (Å²) in [6, 6.07) is 0. The molecule has 2 heteroatoms. The van der Waals surface area contributed by atoms with Crippen LogP contribution < -0.4 is 5.73 Å². The Labute approximate surface area is 76.5 Å². The topological polar surface area (TPSA) is 35.2 Å². The number of hydrogen-bond donors (Lipinski definition) is 1. The largest absolute Gasteiger partial charge is 0.379 e. The van der Waals surface area contributed by atoms with Crippen LogP contribution >= 0.6 is 0 Å². The summed E-state index contributed by atoms with van der Waals surface area (Å²) < 4.78 is 5.46. The molecule has 0 amide bonds. The van der Waals surface area contributed by atoms with E-state index < -0.39 is 0 Å². The standard InChI is InChI=1S/C10H23NO/c1-4-5-10(8-11)6-7-12-9(2)3/h9-10H,4-8,11H2,1-3H3. The molecule has 0 aliphatic heterocycles. The molecule has 74 valence electrons. The molecule has 0 aromatic heterocycles. The smallest absolute Gasteiger partial charge is 0.0518 e. The first kappa shape index (κ1) is 11.9. The van der Waals surface area contributed by atoms with E-state index in [9.17, 15) is 0 Å². The highest BCUT2D eigenvalue weighted by atomic mass is 16.5. The summed E-state index contributed by atoms with van der Waals surface area (Å²) in [6.45, 7) is 8.00. The predicted octanol–water partition coefficient (Wildman–Crippen LogP) is 2.18. The Kier molecular flexibility index (Phi) is 7.51. The number of nitrogens with two attached hydrogens (primary N) is 1. The lowest BCUT2D eigenvalue weighted by Gasteiger charge is -2.14. The molecule has 0 aliphatic carbocycles. The molecule has 0 radical (unpaired) electrons. The molecule has 0 bridgehead atoms. The third kappa shape index (κ3) is 6.62. The van der Waals surface area contributed by atoms with Crippen molar-refractivity contribution in [2.45, 2.75) is 46.1 Å². The summed E-state index contributed by atoms with van der Waals surface area (Å²) >= 11 is 0. The van der Waals surface area contributed by atoms with Gasteiger partial charge >= 0.3 is 0 Å². The van der Waals surface area contributed by atoms with Crippen molar-refractivity contribution in [3.63, 3.8) is 0 Å². The highest BCUT2D eigenvalue weighted by Gasteiger charge is 2.05. The Morgan fingerprint density at radius 1 is 1.25 bits per heavy atom. The van der Waals surface area contributed by atoms with Crippen LogP contribution in [-0.4, -0.2) is 19.3 Å². The molecule has 0 saturated heterocycles. The van der Waals surface area contributed by atoms with Crippen LogP contribution in [0.1, 0.15) is 40.0 Å². The highest BCUT2D eigenvalue weighted by molar-refractivity contribution is 4.58. The summed E-state index contributed by atoms with van der Waals surface area (Å²) in [4.78, 5) is 0. The van der Waals surface area contributed by atoms with Crippen LogP contribution in [0.2, 0.25) is 0 Å². The molecule has 0 aromatic carbocycles. The van der Waals surface area contributed by atoms with Gasteiger partial charge in [0.25, 0.3) is 0 Å². The summed E-state index contributed by atoms with van der Waals surface area (Å²) in [5.41, 5.74) is 5.62. The van der Waals surface area contributed by atoms with E-state index in [1.54, 1.807) is 0 Å². The van der Waals surface area contributed by atoms with Gasteiger partial charge in [-0.1, -0.05) is 13.3 Å². The molecule has 0 spiro atoms. The molecule has 0 saturated carbocycles. The van der Waals surface area contributed by atoms with Gasteiger partial charge in [0.15, 0.2) is 0 Å². The van der Waals surface area contributed by atoms with Crippen LogP contribution in [0.3, 0.4) is 0 Å². The molecular weight excluding hydrogens is 150 g/mol. The lowest BCUT2D eigenvalue weighted by molar-refractivity contribution is 0.0682. The zero-order chi connectivity index (χ0) is 9.40. The van der Waals surface area contributed by atoms with Gasteiger partial charge in [0.05, 0.1) is 6.10 Å². The molecule has 2 nitrogen and oxygen atoms in total. The van der Waals surface area contributed by atoms with Gasteiger partial charge in [0.1, 0.15) is 0 Å². The van der Waals surface area contributed by atoms with Gasteiger partial charge in [-0.05, 0) is 39.2 Å². The van der Waals surface area contributed by atoms with Crippen molar-refractivity contribution in [3.8, 4) is 0 Å². The molecule has 0 rings (SSSR count). The van der Waals surface area contributed by atoms with Crippen molar-refractivity contribution in [3.05, 3.63) is 0 Å². The van der Waals surface area contributed by atoms with Crippen molar-refractivity contribution < 1.29 is 4.74 Å². The van der Waals surface area contributed by atoms with Gasteiger partial charge < -0.3 is 10.5 Å². The van der Waals surface area contributed by atoms with Gasteiger partial charge in [-0.25, -0.2) is 0 Å². The summed E-state index contributed by atoms with van der Waals surface area (Å²) in [6.07, 6.45) is 3.93. The van der Waals surface area contributed by atoms with Crippen LogP contribution in [0.25, 0.3) is 0 Å². The molecule has 0 aromatic rings. The molecule has 1 atom stereocenters. The second kappa shape index (κ2) is 7.56. The normalized spacial score (nSPS) is 13.8. The van der Waals surface area contributed by atoms with E-state index in [-0.39, 0.29) is 0 Å². The van der Waals surface area contributed by atoms with Crippen LogP contribution in [-0.2, 0) is 4.74 Å². The second-order valence-electron chi connectivity index (χ2n) is 3.60. The van der Waals surface area contributed by atoms with Crippen molar-refractivity contribution >= 4 is 0 Å². The Morgan fingerprint density at radius 2 is 1.92 bits per heavy atom. The van der Waals surface area contributed by atoms with Gasteiger partial charge in [0, 0.05) is 6.61 Å². The maximum atomic E-state index is 5.62. The monoisotopic (exact) mass is 173 g/mol. The zero-order valence-corrected chi connectivity index (χ0v) is 8.68. The fourth-order valence-corrected chi connectivity index (χ4v) is 1.26. The number of hydrogen-bond acceptors (Lipinski definition) is 2. The summed E-state index contributed by atoms with van der Waals surface area (Å²) in [5, 5.41) is 0. The van der Waals surface area contributed by atoms with Gasteiger partial charge in [-0.15, -0.1) is 0 Å². The molecule has 12 heavy (non-hydrogen) atoms. The Balaban J connectivity index is 3.31. The molecule has 0 aliphatic rings. The summed E-state index contributed by atoms with van der Waals surface area (Å²) in [5.74, 6) is 0.661. The minimum atomic E-state index is 0.352. The van der Waals surface area contributed by atoms with E-state index in [0.29, 0.717) is 12.0 Å². The zero-order valence-electron chi connectivity index (χ0n) is 8.68. The van der Waals surface area contributed by atoms with Crippen LogP contribution in [0, 0.1) is 5.92 Å².